The minimum absolute atomic E-state index is 0.247. The first-order chi connectivity index (χ1) is 14.1. The summed E-state index contributed by atoms with van der Waals surface area (Å²) < 4.78 is 16.7. The Kier molecular flexibility index (Phi) is 5.16. The van der Waals surface area contributed by atoms with Crippen LogP contribution in [0.2, 0.25) is 0 Å². The van der Waals surface area contributed by atoms with E-state index in [1.807, 2.05) is 60.7 Å². The third-order valence-corrected chi connectivity index (χ3v) is 4.42. The second-order valence-electron chi connectivity index (χ2n) is 6.49. The molecule has 4 aromatic rings. The van der Waals surface area contributed by atoms with Crippen molar-refractivity contribution in [3.8, 4) is 23.0 Å². The number of para-hydroxylation sites is 1. The number of nitrogens with zero attached hydrogens (tertiary/aromatic N) is 1. The van der Waals surface area contributed by atoms with Crippen molar-refractivity contribution in [2.75, 3.05) is 12.4 Å². The van der Waals surface area contributed by atoms with Crippen LogP contribution in [0.5, 0.6) is 11.5 Å². The second kappa shape index (κ2) is 8.06. The maximum Gasteiger partial charge on any atom is 0.265 e. The highest BCUT2D eigenvalue weighted by Gasteiger charge is 2.16. The lowest BCUT2D eigenvalue weighted by Crippen LogP contribution is -2.30. The van der Waals surface area contributed by atoms with E-state index in [0.717, 1.165) is 11.3 Å². The van der Waals surface area contributed by atoms with Crippen molar-refractivity contribution in [2.24, 2.45) is 0 Å². The van der Waals surface area contributed by atoms with Crippen LogP contribution < -0.4 is 14.8 Å². The summed E-state index contributed by atoms with van der Waals surface area (Å²) in [6, 6.07) is 22.1. The Morgan fingerprint density at radius 3 is 2.48 bits per heavy atom. The number of rotatable bonds is 6. The number of oxazole rings is 1. The average Bonchev–Trinajstić information content (AvgIpc) is 3.18. The van der Waals surface area contributed by atoms with E-state index >= 15 is 0 Å². The van der Waals surface area contributed by atoms with Gasteiger partial charge in [0.15, 0.2) is 11.7 Å². The van der Waals surface area contributed by atoms with Gasteiger partial charge in [-0.1, -0.05) is 18.2 Å². The number of aromatic nitrogens is 1. The van der Waals surface area contributed by atoms with Crippen molar-refractivity contribution in [3.63, 3.8) is 0 Å². The van der Waals surface area contributed by atoms with Gasteiger partial charge in [-0.25, -0.2) is 4.98 Å². The molecule has 0 aliphatic carbocycles. The molecule has 3 aromatic carbocycles. The van der Waals surface area contributed by atoms with Crippen molar-refractivity contribution in [1.29, 1.82) is 0 Å². The molecule has 6 heteroatoms. The minimum Gasteiger partial charge on any atom is -0.497 e. The van der Waals surface area contributed by atoms with E-state index in [1.165, 1.54) is 0 Å². The van der Waals surface area contributed by atoms with Gasteiger partial charge in [-0.3, -0.25) is 4.79 Å². The summed E-state index contributed by atoms with van der Waals surface area (Å²) in [5.41, 5.74) is 2.76. The van der Waals surface area contributed by atoms with Gasteiger partial charge in [-0.05, 0) is 55.5 Å². The maximum atomic E-state index is 12.4. The molecule has 1 amide bonds. The van der Waals surface area contributed by atoms with Crippen LogP contribution in [0.1, 0.15) is 6.92 Å². The van der Waals surface area contributed by atoms with E-state index in [1.54, 1.807) is 26.2 Å². The van der Waals surface area contributed by atoms with Crippen LogP contribution >= 0.6 is 0 Å². The number of nitrogens with one attached hydrogen (secondary N) is 1. The molecule has 146 valence electrons. The SMILES string of the molecule is COc1ccc(-c2nc3ccc(NC(=O)[C@@H](C)Oc4ccccc4)cc3o2)cc1. The van der Waals surface area contributed by atoms with Crippen molar-refractivity contribution in [1.82, 2.24) is 4.98 Å². The van der Waals surface area contributed by atoms with Gasteiger partial charge in [0.1, 0.15) is 17.0 Å². The molecular formula is C23H20N2O4. The predicted molar refractivity (Wildman–Crippen MR) is 111 cm³/mol. The monoisotopic (exact) mass is 388 g/mol. The van der Waals surface area contributed by atoms with Crippen LogP contribution in [-0.2, 0) is 4.79 Å². The number of hydrogen-bond acceptors (Lipinski definition) is 5. The molecule has 0 bridgehead atoms. The van der Waals surface area contributed by atoms with Crippen molar-refractivity contribution in [3.05, 3.63) is 72.8 Å². The molecule has 29 heavy (non-hydrogen) atoms. The van der Waals surface area contributed by atoms with Gasteiger partial charge in [0.05, 0.1) is 7.11 Å². The van der Waals surface area contributed by atoms with E-state index in [4.69, 9.17) is 13.9 Å². The summed E-state index contributed by atoms with van der Waals surface area (Å²) in [6.07, 6.45) is -0.641. The molecule has 0 unspecified atom stereocenters. The number of hydrogen-bond donors (Lipinski definition) is 1. The molecule has 0 aliphatic heterocycles. The van der Waals surface area contributed by atoms with Crippen LogP contribution in [0, 0.1) is 0 Å². The number of carbonyl (C=O) groups is 1. The molecule has 1 N–H and O–H groups in total. The lowest BCUT2D eigenvalue weighted by atomic mass is 10.2. The molecule has 1 aromatic heterocycles. The third kappa shape index (κ3) is 4.21. The molecule has 1 heterocycles. The molecule has 4 rings (SSSR count). The molecule has 0 fully saturated rings. The molecular weight excluding hydrogens is 368 g/mol. The van der Waals surface area contributed by atoms with Gasteiger partial charge < -0.3 is 19.2 Å². The predicted octanol–water partition coefficient (Wildman–Crippen LogP) is 4.91. The standard InChI is InChI=1S/C23H20N2O4/c1-15(28-19-6-4-3-5-7-19)22(26)24-17-10-13-20-21(14-17)29-23(25-20)16-8-11-18(27-2)12-9-16/h3-15H,1-2H3,(H,24,26)/t15-/m1/s1. The van der Waals surface area contributed by atoms with Gasteiger partial charge in [-0.2, -0.15) is 0 Å². The van der Waals surface area contributed by atoms with E-state index in [0.29, 0.717) is 28.4 Å². The van der Waals surface area contributed by atoms with Crippen LogP contribution in [-0.4, -0.2) is 24.1 Å². The van der Waals surface area contributed by atoms with E-state index in [9.17, 15) is 4.79 Å². The van der Waals surface area contributed by atoms with Gasteiger partial charge >= 0.3 is 0 Å². The summed E-state index contributed by atoms with van der Waals surface area (Å²) in [5, 5.41) is 2.85. The fourth-order valence-electron chi connectivity index (χ4n) is 2.86. The first-order valence-electron chi connectivity index (χ1n) is 9.20. The Bertz CT molecular complexity index is 1120. The summed E-state index contributed by atoms with van der Waals surface area (Å²) in [6.45, 7) is 1.71. The number of carbonyl (C=O) groups excluding carboxylic acids is 1. The molecule has 1 atom stereocenters. The zero-order valence-corrected chi connectivity index (χ0v) is 16.1. The largest absolute Gasteiger partial charge is 0.497 e. The van der Waals surface area contributed by atoms with E-state index in [-0.39, 0.29) is 5.91 Å². The Morgan fingerprint density at radius 2 is 1.76 bits per heavy atom. The fourth-order valence-corrected chi connectivity index (χ4v) is 2.86. The first kappa shape index (κ1) is 18.6. The zero-order chi connectivity index (χ0) is 20.2. The highest BCUT2D eigenvalue weighted by molar-refractivity contribution is 5.95. The molecule has 0 radical (unpaired) electrons. The molecule has 0 saturated heterocycles. The summed E-state index contributed by atoms with van der Waals surface area (Å²) in [4.78, 5) is 17.0. The van der Waals surface area contributed by atoms with Crippen LogP contribution in [0.3, 0.4) is 0 Å². The minimum atomic E-state index is -0.641. The smallest absolute Gasteiger partial charge is 0.265 e. The summed E-state index contributed by atoms with van der Waals surface area (Å²) in [7, 11) is 1.62. The summed E-state index contributed by atoms with van der Waals surface area (Å²) in [5.74, 6) is 1.67. The normalized spacial score (nSPS) is 11.8. The van der Waals surface area contributed by atoms with Crippen molar-refractivity contribution >= 4 is 22.7 Å². The van der Waals surface area contributed by atoms with E-state index in [2.05, 4.69) is 10.3 Å². The van der Waals surface area contributed by atoms with Gasteiger partial charge in [0.25, 0.3) is 5.91 Å². The number of anilines is 1. The Hall–Kier alpha value is -3.80. The van der Waals surface area contributed by atoms with Crippen LogP contribution in [0.15, 0.2) is 77.2 Å². The number of amides is 1. The van der Waals surface area contributed by atoms with Crippen LogP contribution in [0.25, 0.3) is 22.6 Å². The highest BCUT2D eigenvalue weighted by atomic mass is 16.5. The highest BCUT2D eigenvalue weighted by Crippen LogP contribution is 2.27. The van der Waals surface area contributed by atoms with E-state index < -0.39 is 6.10 Å². The lowest BCUT2D eigenvalue weighted by Gasteiger charge is -2.14. The molecule has 6 nitrogen and oxygen atoms in total. The van der Waals surface area contributed by atoms with Gasteiger partial charge in [0, 0.05) is 17.3 Å². The maximum absolute atomic E-state index is 12.4. The third-order valence-electron chi connectivity index (χ3n) is 4.42. The van der Waals surface area contributed by atoms with Crippen molar-refractivity contribution in [2.45, 2.75) is 13.0 Å². The number of methoxy groups -OCH3 is 1. The van der Waals surface area contributed by atoms with Gasteiger partial charge in [-0.15, -0.1) is 0 Å². The zero-order valence-electron chi connectivity index (χ0n) is 16.1. The van der Waals surface area contributed by atoms with Crippen LogP contribution in [0.4, 0.5) is 5.69 Å². The first-order valence-corrected chi connectivity index (χ1v) is 9.20. The Labute approximate surface area is 168 Å². The quantitative estimate of drug-likeness (QED) is 0.508. The molecule has 0 spiro atoms. The van der Waals surface area contributed by atoms with Gasteiger partial charge in [0.2, 0.25) is 5.89 Å². The fraction of sp³-hybridized carbons (Fsp3) is 0.130. The number of benzene rings is 3. The molecule has 0 aliphatic rings. The summed E-state index contributed by atoms with van der Waals surface area (Å²) >= 11 is 0. The topological polar surface area (TPSA) is 73.6 Å². The number of fused-ring (bicyclic) bond motifs is 1. The van der Waals surface area contributed by atoms with Crippen molar-refractivity contribution < 1.29 is 18.7 Å². The lowest BCUT2D eigenvalue weighted by molar-refractivity contribution is -0.122. The molecule has 0 saturated carbocycles. The number of ether oxygens (including phenoxy) is 2. The Morgan fingerprint density at radius 1 is 1.00 bits per heavy atom. The second-order valence-corrected chi connectivity index (χ2v) is 6.49. The average molecular weight is 388 g/mol. The Balaban J connectivity index is 1.49.